The van der Waals surface area contributed by atoms with Crippen molar-refractivity contribution in [3.05, 3.63) is 48.5 Å². The van der Waals surface area contributed by atoms with E-state index in [1.165, 1.54) is 36.4 Å². The Bertz CT molecular complexity index is 1520. The minimum Gasteiger partial charge on any atom is -0.508 e. The molecule has 0 spiro atoms. The topological polar surface area (TPSA) is 149 Å². The Balaban J connectivity index is 2.29. The summed E-state index contributed by atoms with van der Waals surface area (Å²) in [4.78, 5) is -1.36. The highest BCUT2D eigenvalue weighted by Crippen LogP contribution is 2.39. The van der Waals surface area contributed by atoms with Gasteiger partial charge in [-0.05, 0) is 45.8 Å². The van der Waals surface area contributed by atoms with Gasteiger partial charge >= 0.3 is 0 Å². The lowest BCUT2D eigenvalue weighted by atomic mass is 9.96. The van der Waals surface area contributed by atoms with Crippen molar-refractivity contribution in [2.45, 2.75) is 9.79 Å². The van der Waals surface area contributed by atoms with Crippen LogP contribution in [-0.2, 0) is 20.2 Å². The van der Waals surface area contributed by atoms with Crippen molar-refractivity contribution < 1.29 is 36.2 Å². The number of aromatic hydroxyl groups is 2. The predicted molar refractivity (Wildman–Crippen MR) is 102 cm³/mol. The van der Waals surface area contributed by atoms with Crippen molar-refractivity contribution in [1.29, 1.82) is 0 Å². The molecule has 4 aromatic carbocycles. The molecule has 0 heterocycles. The molecule has 4 rings (SSSR count). The van der Waals surface area contributed by atoms with Gasteiger partial charge in [0.15, 0.2) is 0 Å². The number of hydrogen-bond acceptors (Lipinski definition) is 6. The van der Waals surface area contributed by atoms with Gasteiger partial charge in [-0.25, -0.2) is 0 Å². The lowest BCUT2D eigenvalue weighted by Gasteiger charge is -2.12. The van der Waals surface area contributed by atoms with Crippen LogP contribution in [0.2, 0.25) is 0 Å². The molecule has 10 heteroatoms. The van der Waals surface area contributed by atoms with Crippen LogP contribution in [0.3, 0.4) is 0 Å². The molecule has 0 saturated heterocycles. The third kappa shape index (κ3) is 2.83. The van der Waals surface area contributed by atoms with Crippen LogP contribution in [0.1, 0.15) is 0 Å². The van der Waals surface area contributed by atoms with Crippen molar-refractivity contribution in [3.63, 3.8) is 0 Å². The second-order valence-corrected chi connectivity index (χ2v) is 9.06. The van der Waals surface area contributed by atoms with E-state index >= 15 is 0 Å². The summed E-state index contributed by atoms with van der Waals surface area (Å²) in [5.41, 5.74) is 0. The Morgan fingerprint density at radius 1 is 0.571 bits per heavy atom. The number of benzene rings is 4. The van der Waals surface area contributed by atoms with Gasteiger partial charge < -0.3 is 10.2 Å². The molecule has 0 saturated carbocycles. The van der Waals surface area contributed by atoms with Crippen LogP contribution >= 0.6 is 0 Å². The van der Waals surface area contributed by atoms with Crippen molar-refractivity contribution in [2.24, 2.45) is 0 Å². The quantitative estimate of drug-likeness (QED) is 0.285. The first-order chi connectivity index (χ1) is 13.0. The summed E-state index contributed by atoms with van der Waals surface area (Å²) in [6.45, 7) is 0. The molecule has 0 amide bonds. The van der Waals surface area contributed by atoms with Crippen molar-refractivity contribution >= 4 is 52.6 Å². The van der Waals surface area contributed by atoms with Gasteiger partial charge in [0.2, 0.25) is 0 Å². The van der Waals surface area contributed by atoms with Crippen LogP contribution in [0.25, 0.3) is 32.3 Å². The van der Waals surface area contributed by atoms with E-state index in [0.29, 0.717) is 27.6 Å². The van der Waals surface area contributed by atoms with Crippen LogP contribution in [0.15, 0.2) is 58.3 Å². The number of hydrogen-bond donors (Lipinski definition) is 4. The van der Waals surface area contributed by atoms with Gasteiger partial charge in [-0.1, -0.05) is 18.2 Å². The molecule has 0 aliphatic rings. The second kappa shape index (κ2) is 5.79. The molecule has 0 aliphatic carbocycles. The third-order valence-electron chi connectivity index (χ3n) is 4.54. The predicted octanol–water partition coefficient (Wildman–Crippen LogP) is 3.05. The van der Waals surface area contributed by atoms with E-state index in [1.807, 2.05) is 0 Å². The molecule has 0 bridgehead atoms. The molecular formula is C18H12O8S2. The molecular weight excluding hydrogens is 408 g/mol. The van der Waals surface area contributed by atoms with Gasteiger partial charge in [0.05, 0.1) is 4.90 Å². The Morgan fingerprint density at radius 3 is 1.68 bits per heavy atom. The van der Waals surface area contributed by atoms with Crippen LogP contribution in [-0.4, -0.2) is 36.2 Å². The normalized spacial score (nSPS) is 12.8. The molecule has 0 fully saturated rings. The van der Waals surface area contributed by atoms with Gasteiger partial charge in [-0.2, -0.15) is 16.8 Å². The average Bonchev–Trinajstić information content (AvgIpc) is 2.58. The zero-order chi connectivity index (χ0) is 20.4. The standard InChI is InChI=1S/C18H12O8S2/c19-9-5-15-11-2-4-14-16(12(11)1-3-13(15)17(20)6-9)7-10(27(21,22)23)8-18(14)28(24,25)26/h1-8,19-20H,(H,21,22,23)(H,24,25,26). The molecule has 144 valence electrons. The second-order valence-electron chi connectivity index (χ2n) is 6.25. The number of phenolic OH excluding ortho intramolecular Hbond substituents is 2. The highest BCUT2D eigenvalue weighted by atomic mass is 32.2. The summed E-state index contributed by atoms with van der Waals surface area (Å²) in [6.07, 6.45) is 0. The van der Waals surface area contributed by atoms with E-state index in [-0.39, 0.29) is 22.3 Å². The Labute approximate surface area is 158 Å². The molecule has 0 unspecified atom stereocenters. The van der Waals surface area contributed by atoms with Gasteiger partial charge in [0, 0.05) is 16.8 Å². The molecule has 8 nitrogen and oxygen atoms in total. The maximum atomic E-state index is 11.8. The average molecular weight is 420 g/mol. The Hall–Kier alpha value is -2.92. The first-order valence-corrected chi connectivity index (χ1v) is 10.6. The largest absolute Gasteiger partial charge is 0.508 e. The van der Waals surface area contributed by atoms with Crippen molar-refractivity contribution in [3.8, 4) is 11.5 Å². The lowest BCUT2D eigenvalue weighted by Crippen LogP contribution is -2.04. The van der Waals surface area contributed by atoms with E-state index < -0.39 is 30.0 Å². The number of phenols is 2. The SMILES string of the molecule is O=S(=O)(O)c1cc(S(=O)(=O)O)c2ccc3c4cc(O)cc(O)c4ccc3c2c1. The van der Waals surface area contributed by atoms with Gasteiger partial charge in [0.25, 0.3) is 20.2 Å². The lowest BCUT2D eigenvalue weighted by molar-refractivity contribution is 0.455. The fourth-order valence-electron chi connectivity index (χ4n) is 3.36. The molecule has 4 N–H and O–H groups in total. The van der Waals surface area contributed by atoms with Gasteiger partial charge in [-0.3, -0.25) is 9.11 Å². The van der Waals surface area contributed by atoms with Crippen LogP contribution in [0.5, 0.6) is 11.5 Å². The summed E-state index contributed by atoms with van der Waals surface area (Å²) in [6, 6.07) is 10.3. The highest BCUT2D eigenvalue weighted by molar-refractivity contribution is 7.86. The highest BCUT2D eigenvalue weighted by Gasteiger charge is 2.21. The van der Waals surface area contributed by atoms with Crippen LogP contribution in [0.4, 0.5) is 0 Å². The van der Waals surface area contributed by atoms with E-state index in [0.717, 1.165) is 6.07 Å². The summed E-state index contributed by atoms with van der Waals surface area (Å²) in [5.74, 6) is -0.356. The number of fused-ring (bicyclic) bond motifs is 5. The molecule has 28 heavy (non-hydrogen) atoms. The zero-order valence-corrected chi connectivity index (χ0v) is 15.5. The summed E-state index contributed by atoms with van der Waals surface area (Å²) >= 11 is 0. The fourth-order valence-corrected chi connectivity index (χ4v) is 4.70. The van der Waals surface area contributed by atoms with Crippen LogP contribution in [0, 0.1) is 0 Å². The number of rotatable bonds is 2. The first-order valence-electron chi connectivity index (χ1n) is 7.77. The maximum absolute atomic E-state index is 11.8. The van der Waals surface area contributed by atoms with Crippen molar-refractivity contribution in [2.75, 3.05) is 0 Å². The molecule has 0 aliphatic heterocycles. The summed E-state index contributed by atoms with van der Waals surface area (Å²) < 4.78 is 65.7. The smallest absolute Gasteiger partial charge is 0.295 e. The van der Waals surface area contributed by atoms with E-state index in [1.54, 1.807) is 0 Å². The summed E-state index contributed by atoms with van der Waals surface area (Å²) in [7, 11) is -9.55. The molecule has 0 aromatic heterocycles. The zero-order valence-electron chi connectivity index (χ0n) is 13.9. The Kier molecular flexibility index (Phi) is 3.81. The summed E-state index contributed by atoms with van der Waals surface area (Å²) in [5, 5.41) is 21.8. The Morgan fingerprint density at radius 2 is 1.11 bits per heavy atom. The molecule has 0 atom stereocenters. The van der Waals surface area contributed by atoms with Gasteiger partial charge in [-0.15, -0.1) is 0 Å². The monoisotopic (exact) mass is 420 g/mol. The van der Waals surface area contributed by atoms with E-state index in [9.17, 15) is 36.2 Å². The fraction of sp³-hybridized carbons (Fsp3) is 0. The van der Waals surface area contributed by atoms with Crippen molar-refractivity contribution in [1.82, 2.24) is 0 Å². The van der Waals surface area contributed by atoms with E-state index in [2.05, 4.69) is 0 Å². The maximum Gasteiger partial charge on any atom is 0.295 e. The van der Waals surface area contributed by atoms with Gasteiger partial charge in [0.1, 0.15) is 16.4 Å². The third-order valence-corrected chi connectivity index (χ3v) is 6.26. The minimum atomic E-state index is -4.79. The molecule has 4 aromatic rings. The van der Waals surface area contributed by atoms with E-state index in [4.69, 9.17) is 0 Å². The van der Waals surface area contributed by atoms with Crippen LogP contribution < -0.4 is 0 Å². The first kappa shape index (κ1) is 18.4. The molecule has 0 radical (unpaired) electrons. The minimum absolute atomic E-state index is 0.0473.